The van der Waals surface area contributed by atoms with Crippen LogP contribution in [0.3, 0.4) is 0 Å². The fourth-order valence-corrected chi connectivity index (χ4v) is 4.10. The summed E-state index contributed by atoms with van der Waals surface area (Å²) in [6.07, 6.45) is 6.81. The molecule has 1 aromatic heterocycles. The molecule has 0 saturated carbocycles. The first-order chi connectivity index (χ1) is 10.2. The van der Waals surface area contributed by atoms with Crippen LogP contribution in [-0.4, -0.2) is 62.7 Å². The Morgan fingerprint density at radius 1 is 1.10 bits per heavy atom. The van der Waals surface area contributed by atoms with Crippen molar-refractivity contribution in [3.05, 3.63) is 11.6 Å². The molecule has 0 aliphatic carbocycles. The molecule has 0 radical (unpaired) electrons. The molecule has 4 rings (SSSR count). The number of carbonyl (C=O) groups excluding carboxylic acids is 1. The summed E-state index contributed by atoms with van der Waals surface area (Å²) in [5.74, 6) is 1.62. The number of fused-ring (bicyclic) bond motifs is 3. The van der Waals surface area contributed by atoms with Gasteiger partial charge in [-0.05, 0) is 39.2 Å². The zero-order chi connectivity index (χ0) is 14.4. The zero-order valence-corrected chi connectivity index (χ0v) is 12.7. The smallest absolute Gasteiger partial charge is 0.291 e. The molecule has 1 amide bonds. The number of nitrogens with zero attached hydrogens (tertiary/aromatic N) is 5. The van der Waals surface area contributed by atoms with Gasteiger partial charge in [-0.25, -0.2) is 0 Å². The first kappa shape index (κ1) is 13.2. The van der Waals surface area contributed by atoms with Gasteiger partial charge in [0.2, 0.25) is 5.82 Å². The van der Waals surface area contributed by atoms with Gasteiger partial charge < -0.3 is 9.47 Å². The molecule has 4 heterocycles. The van der Waals surface area contributed by atoms with E-state index in [1.807, 2.05) is 9.47 Å². The van der Waals surface area contributed by atoms with E-state index in [1.165, 1.54) is 12.8 Å². The van der Waals surface area contributed by atoms with Crippen LogP contribution in [0.5, 0.6) is 0 Å². The van der Waals surface area contributed by atoms with E-state index in [1.54, 1.807) is 0 Å². The van der Waals surface area contributed by atoms with Crippen LogP contribution in [0.4, 0.5) is 0 Å². The van der Waals surface area contributed by atoms with E-state index in [9.17, 15) is 4.79 Å². The number of likely N-dealkylation sites (tertiary alicyclic amines) is 1. The molecule has 0 N–H and O–H groups in total. The molecule has 2 bridgehead atoms. The van der Waals surface area contributed by atoms with Gasteiger partial charge in [0.1, 0.15) is 5.82 Å². The largest absolute Gasteiger partial charge is 0.334 e. The SMILES string of the molecule is CN1[C@H]2CC[C@@H]1CN(C(=O)c1nnc3n1CCCC3)CC2. The van der Waals surface area contributed by atoms with Crippen LogP contribution >= 0.6 is 0 Å². The lowest BCUT2D eigenvalue weighted by Crippen LogP contribution is -2.40. The molecular weight excluding hydrogens is 266 g/mol. The molecule has 0 spiro atoms. The first-order valence-corrected chi connectivity index (χ1v) is 8.17. The van der Waals surface area contributed by atoms with E-state index in [-0.39, 0.29) is 5.91 Å². The molecule has 2 atom stereocenters. The van der Waals surface area contributed by atoms with Crippen molar-refractivity contribution in [2.75, 3.05) is 20.1 Å². The molecule has 6 heteroatoms. The molecule has 3 aliphatic heterocycles. The highest BCUT2D eigenvalue weighted by atomic mass is 16.2. The standard InChI is InChI=1S/C15H23N5O/c1-18-11-5-6-12(18)10-19(9-7-11)15(21)14-17-16-13-4-2-3-8-20(13)14/h11-12H,2-10H2,1H3/t11-,12+/m0/s1. The summed E-state index contributed by atoms with van der Waals surface area (Å²) in [6.45, 7) is 2.59. The predicted octanol–water partition coefficient (Wildman–Crippen LogP) is 0.923. The molecule has 0 unspecified atom stereocenters. The second kappa shape index (κ2) is 5.09. The lowest BCUT2D eigenvalue weighted by atomic mass is 10.1. The molecule has 2 fully saturated rings. The highest BCUT2D eigenvalue weighted by molar-refractivity contribution is 5.90. The number of carbonyl (C=O) groups is 1. The van der Waals surface area contributed by atoms with Crippen LogP contribution < -0.4 is 0 Å². The van der Waals surface area contributed by atoms with Gasteiger partial charge in [-0.3, -0.25) is 9.69 Å². The molecule has 21 heavy (non-hydrogen) atoms. The summed E-state index contributed by atoms with van der Waals surface area (Å²) < 4.78 is 2.04. The van der Waals surface area contributed by atoms with E-state index >= 15 is 0 Å². The fraction of sp³-hybridized carbons (Fsp3) is 0.800. The fourth-order valence-electron chi connectivity index (χ4n) is 4.10. The average molecular weight is 289 g/mol. The van der Waals surface area contributed by atoms with Gasteiger partial charge in [-0.1, -0.05) is 0 Å². The number of likely N-dealkylation sites (N-methyl/N-ethyl adjacent to an activating group) is 1. The maximum absolute atomic E-state index is 12.9. The number of amides is 1. The Morgan fingerprint density at radius 2 is 1.95 bits per heavy atom. The Hall–Kier alpha value is -1.43. The van der Waals surface area contributed by atoms with Crippen molar-refractivity contribution in [3.63, 3.8) is 0 Å². The van der Waals surface area contributed by atoms with Crippen molar-refractivity contribution < 1.29 is 4.79 Å². The Labute approximate surface area is 125 Å². The number of hydrogen-bond acceptors (Lipinski definition) is 4. The summed E-state index contributed by atoms with van der Waals surface area (Å²) in [7, 11) is 2.20. The van der Waals surface area contributed by atoms with Crippen molar-refractivity contribution in [1.29, 1.82) is 0 Å². The lowest BCUT2D eigenvalue weighted by Gasteiger charge is -2.26. The number of aromatic nitrogens is 3. The van der Waals surface area contributed by atoms with E-state index < -0.39 is 0 Å². The third-order valence-electron chi connectivity index (χ3n) is 5.49. The molecule has 3 aliphatic rings. The second-order valence-electron chi connectivity index (χ2n) is 6.64. The van der Waals surface area contributed by atoms with E-state index in [0.717, 1.165) is 51.1 Å². The summed E-state index contributed by atoms with van der Waals surface area (Å²) in [5, 5.41) is 8.41. The number of hydrogen-bond donors (Lipinski definition) is 0. The predicted molar refractivity (Wildman–Crippen MR) is 78.1 cm³/mol. The minimum atomic E-state index is 0.0802. The lowest BCUT2D eigenvalue weighted by molar-refractivity contribution is 0.0721. The first-order valence-electron chi connectivity index (χ1n) is 8.17. The minimum absolute atomic E-state index is 0.0802. The molecule has 1 aromatic rings. The third-order valence-corrected chi connectivity index (χ3v) is 5.49. The van der Waals surface area contributed by atoms with Gasteiger partial charge >= 0.3 is 0 Å². The molecule has 114 valence electrons. The van der Waals surface area contributed by atoms with Crippen LogP contribution in [0.2, 0.25) is 0 Å². The van der Waals surface area contributed by atoms with E-state index in [2.05, 4.69) is 22.1 Å². The summed E-state index contributed by atoms with van der Waals surface area (Å²) >= 11 is 0. The van der Waals surface area contributed by atoms with Gasteiger partial charge in [0.05, 0.1) is 0 Å². The van der Waals surface area contributed by atoms with Crippen LogP contribution in [0.1, 0.15) is 48.5 Å². The van der Waals surface area contributed by atoms with Gasteiger partial charge in [0.15, 0.2) is 0 Å². The number of aryl methyl sites for hydroxylation is 1. The van der Waals surface area contributed by atoms with Gasteiger partial charge in [0, 0.05) is 38.1 Å². The Bertz CT molecular complexity index is 554. The summed E-state index contributed by atoms with van der Waals surface area (Å²) in [6, 6.07) is 1.17. The Kier molecular flexibility index (Phi) is 3.21. The van der Waals surface area contributed by atoms with Crippen LogP contribution in [0.25, 0.3) is 0 Å². The summed E-state index contributed by atoms with van der Waals surface area (Å²) in [5.41, 5.74) is 0. The van der Waals surface area contributed by atoms with E-state index in [0.29, 0.717) is 17.9 Å². The maximum Gasteiger partial charge on any atom is 0.291 e. The highest BCUT2D eigenvalue weighted by Gasteiger charge is 2.37. The molecule has 6 nitrogen and oxygen atoms in total. The van der Waals surface area contributed by atoms with Crippen LogP contribution in [0.15, 0.2) is 0 Å². The Morgan fingerprint density at radius 3 is 2.86 bits per heavy atom. The molecule has 0 aromatic carbocycles. The second-order valence-corrected chi connectivity index (χ2v) is 6.64. The van der Waals surface area contributed by atoms with Gasteiger partial charge in [-0.2, -0.15) is 0 Å². The topological polar surface area (TPSA) is 54.3 Å². The molecule has 2 saturated heterocycles. The monoisotopic (exact) mass is 289 g/mol. The minimum Gasteiger partial charge on any atom is -0.334 e. The quantitative estimate of drug-likeness (QED) is 0.771. The Balaban J connectivity index is 1.56. The normalized spacial score (nSPS) is 29.3. The third kappa shape index (κ3) is 2.16. The van der Waals surface area contributed by atoms with Crippen molar-refractivity contribution in [2.24, 2.45) is 0 Å². The average Bonchev–Trinajstić information content (AvgIpc) is 3.00. The molecular formula is C15H23N5O. The number of rotatable bonds is 1. The summed E-state index contributed by atoms with van der Waals surface area (Å²) in [4.78, 5) is 17.3. The van der Waals surface area contributed by atoms with Gasteiger partial charge in [0.25, 0.3) is 5.91 Å². The van der Waals surface area contributed by atoms with Gasteiger partial charge in [-0.15, -0.1) is 10.2 Å². The van der Waals surface area contributed by atoms with E-state index in [4.69, 9.17) is 0 Å². The maximum atomic E-state index is 12.9. The zero-order valence-electron chi connectivity index (χ0n) is 12.7. The van der Waals surface area contributed by atoms with Crippen molar-refractivity contribution in [3.8, 4) is 0 Å². The highest BCUT2D eigenvalue weighted by Crippen LogP contribution is 2.29. The van der Waals surface area contributed by atoms with Crippen molar-refractivity contribution in [1.82, 2.24) is 24.6 Å². The van der Waals surface area contributed by atoms with Crippen LogP contribution in [-0.2, 0) is 13.0 Å². The van der Waals surface area contributed by atoms with Crippen LogP contribution in [0, 0.1) is 0 Å². The van der Waals surface area contributed by atoms with Crippen molar-refractivity contribution in [2.45, 2.75) is 57.2 Å². The van der Waals surface area contributed by atoms with Crippen molar-refractivity contribution >= 4 is 5.91 Å².